The van der Waals surface area contributed by atoms with Gasteiger partial charge in [0.05, 0.1) is 0 Å². The molecule has 6 heteroatoms. The van der Waals surface area contributed by atoms with Crippen LogP contribution in [0.2, 0.25) is 0 Å². The maximum atomic E-state index is 12.1. The summed E-state index contributed by atoms with van der Waals surface area (Å²) in [4.78, 5) is 22.2. The third kappa shape index (κ3) is 3.59. The van der Waals surface area contributed by atoms with Gasteiger partial charge >= 0.3 is 0 Å². The maximum Gasteiger partial charge on any atom is 0.273 e. The summed E-state index contributed by atoms with van der Waals surface area (Å²) in [6, 6.07) is 5.77. The molecule has 0 aliphatic heterocycles. The molecule has 1 amide bonds. The van der Waals surface area contributed by atoms with Crippen LogP contribution in [0.4, 0.5) is 0 Å². The standard InChI is InChI=1S/C13H16N4OS/c1-17(7-5-10-4-2-3-6-15-10)13(18)11-9-19-12(8-14)16-11/h2-4,6,9H,5,7-8,14H2,1H3. The fourth-order valence-electron chi connectivity index (χ4n) is 1.63. The average Bonchev–Trinajstić information content (AvgIpc) is 2.94. The van der Waals surface area contributed by atoms with Crippen molar-refractivity contribution in [2.45, 2.75) is 13.0 Å². The molecule has 0 fully saturated rings. The first-order valence-electron chi connectivity index (χ1n) is 6.00. The van der Waals surface area contributed by atoms with Crippen LogP contribution in [0, 0.1) is 0 Å². The summed E-state index contributed by atoms with van der Waals surface area (Å²) in [5, 5.41) is 2.53. The monoisotopic (exact) mass is 276 g/mol. The largest absolute Gasteiger partial charge is 0.340 e. The zero-order valence-corrected chi connectivity index (χ0v) is 11.6. The van der Waals surface area contributed by atoms with Crippen molar-refractivity contribution in [2.75, 3.05) is 13.6 Å². The molecule has 2 N–H and O–H groups in total. The Labute approximate surface area is 116 Å². The van der Waals surface area contributed by atoms with Crippen molar-refractivity contribution in [1.82, 2.24) is 14.9 Å². The highest BCUT2D eigenvalue weighted by Gasteiger charge is 2.15. The van der Waals surface area contributed by atoms with E-state index in [4.69, 9.17) is 5.73 Å². The van der Waals surface area contributed by atoms with Crippen molar-refractivity contribution in [2.24, 2.45) is 5.73 Å². The van der Waals surface area contributed by atoms with E-state index in [0.717, 1.165) is 17.1 Å². The molecule has 0 atom stereocenters. The van der Waals surface area contributed by atoms with Crippen LogP contribution in [0.25, 0.3) is 0 Å². The van der Waals surface area contributed by atoms with Crippen LogP contribution in [0.3, 0.4) is 0 Å². The lowest BCUT2D eigenvalue weighted by Crippen LogP contribution is -2.29. The first kappa shape index (κ1) is 13.6. The summed E-state index contributed by atoms with van der Waals surface area (Å²) >= 11 is 1.41. The Balaban J connectivity index is 1.92. The Kier molecular flexibility index (Phi) is 4.59. The summed E-state index contributed by atoms with van der Waals surface area (Å²) in [5.74, 6) is -0.0770. The lowest BCUT2D eigenvalue weighted by molar-refractivity contribution is 0.0791. The molecular weight excluding hydrogens is 260 g/mol. The molecule has 0 aliphatic rings. The van der Waals surface area contributed by atoms with Gasteiger partial charge in [-0.15, -0.1) is 11.3 Å². The normalized spacial score (nSPS) is 10.4. The quantitative estimate of drug-likeness (QED) is 0.893. The SMILES string of the molecule is CN(CCc1ccccn1)C(=O)c1csc(CN)n1. The molecule has 19 heavy (non-hydrogen) atoms. The topological polar surface area (TPSA) is 72.1 Å². The van der Waals surface area contributed by atoms with Crippen LogP contribution in [-0.2, 0) is 13.0 Å². The van der Waals surface area contributed by atoms with Gasteiger partial charge in [-0.05, 0) is 12.1 Å². The zero-order chi connectivity index (χ0) is 13.7. The van der Waals surface area contributed by atoms with Crippen LogP contribution in [0.5, 0.6) is 0 Å². The van der Waals surface area contributed by atoms with Crippen LogP contribution in [-0.4, -0.2) is 34.4 Å². The fourth-order valence-corrected chi connectivity index (χ4v) is 2.28. The highest BCUT2D eigenvalue weighted by Crippen LogP contribution is 2.11. The van der Waals surface area contributed by atoms with Crippen LogP contribution in [0.1, 0.15) is 21.2 Å². The molecule has 0 bridgehead atoms. The average molecular weight is 276 g/mol. The molecule has 0 aliphatic carbocycles. The van der Waals surface area contributed by atoms with E-state index < -0.39 is 0 Å². The summed E-state index contributed by atoms with van der Waals surface area (Å²) in [7, 11) is 1.77. The Morgan fingerprint density at radius 2 is 2.32 bits per heavy atom. The van der Waals surface area contributed by atoms with Crippen LogP contribution < -0.4 is 5.73 Å². The number of likely N-dealkylation sites (N-methyl/N-ethyl adjacent to an activating group) is 1. The van der Waals surface area contributed by atoms with E-state index in [1.165, 1.54) is 11.3 Å². The number of carbonyl (C=O) groups excluding carboxylic acids is 1. The number of aromatic nitrogens is 2. The number of pyridine rings is 1. The molecule has 0 radical (unpaired) electrons. The van der Waals surface area contributed by atoms with Gasteiger partial charge in [0.1, 0.15) is 10.7 Å². The van der Waals surface area contributed by atoms with Crippen molar-refractivity contribution in [3.8, 4) is 0 Å². The van der Waals surface area contributed by atoms with Crippen LogP contribution >= 0.6 is 11.3 Å². The molecule has 2 aromatic heterocycles. The number of carbonyl (C=O) groups is 1. The Morgan fingerprint density at radius 3 is 2.95 bits per heavy atom. The van der Waals surface area contributed by atoms with Crippen molar-refractivity contribution < 1.29 is 4.79 Å². The Morgan fingerprint density at radius 1 is 1.47 bits per heavy atom. The molecule has 100 valence electrons. The molecule has 2 heterocycles. The molecular formula is C13H16N4OS. The highest BCUT2D eigenvalue weighted by atomic mass is 32.1. The number of hydrogen-bond donors (Lipinski definition) is 1. The van der Waals surface area contributed by atoms with E-state index in [-0.39, 0.29) is 5.91 Å². The second kappa shape index (κ2) is 6.40. The van der Waals surface area contributed by atoms with Crippen molar-refractivity contribution >= 4 is 17.2 Å². The van der Waals surface area contributed by atoms with Gasteiger partial charge in [0.25, 0.3) is 5.91 Å². The minimum absolute atomic E-state index is 0.0770. The third-order valence-electron chi connectivity index (χ3n) is 2.72. The minimum atomic E-state index is -0.0770. The first-order valence-corrected chi connectivity index (χ1v) is 6.88. The number of hydrogen-bond acceptors (Lipinski definition) is 5. The van der Waals surface area contributed by atoms with E-state index in [1.807, 2.05) is 18.2 Å². The van der Waals surface area contributed by atoms with Crippen molar-refractivity contribution in [3.05, 3.63) is 46.2 Å². The van der Waals surface area contributed by atoms with Gasteiger partial charge in [-0.25, -0.2) is 4.98 Å². The lowest BCUT2D eigenvalue weighted by atomic mass is 10.2. The number of amides is 1. The smallest absolute Gasteiger partial charge is 0.273 e. The summed E-state index contributed by atoms with van der Waals surface area (Å²) < 4.78 is 0. The number of nitrogens with two attached hydrogens (primary N) is 1. The van der Waals surface area contributed by atoms with E-state index >= 15 is 0 Å². The van der Waals surface area contributed by atoms with Gasteiger partial charge in [-0.2, -0.15) is 0 Å². The van der Waals surface area contributed by atoms with Gasteiger partial charge in [0.15, 0.2) is 0 Å². The van der Waals surface area contributed by atoms with Gasteiger partial charge in [-0.1, -0.05) is 6.07 Å². The van der Waals surface area contributed by atoms with Gasteiger partial charge < -0.3 is 10.6 Å². The number of nitrogens with zero attached hydrogens (tertiary/aromatic N) is 3. The minimum Gasteiger partial charge on any atom is -0.340 e. The van der Waals surface area contributed by atoms with E-state index in [2.05, 4.69) is 9.97 Å². The Hall–Kier alpha value is -1.79. The second-order valence-corrected chi connectivity index (χ2v) is 5.07. The highest BCUT2D eigenvalue weighted by molar-refractivity contribution is 7.09. The summed E-state index contributed by atoms with van der Waals surface area (Å²) in [5.41, 5.74) is 6.93. The first-order chi connectivity index (χ1) is 9.20. The molecule has 0 saturated heterocycles. The molecule has 0 spiro atoms. The number of rotatable bonds is 5. The van der Waals surface area contributed by atoms with Crippen molar-refractivity contribution in [1.29, 1.82) is 0 Å². The van der Waals surface area contributed by atoms with Gasteiger partial charge in [-0.3, -0.25) is 9.78 Å². The molecule has 2 rings (SSSR count). The summed E-state index contributed by atoms with van der Waals surface area (Å²) in [6.45, 7) is 0.987. The molecule has 5 nitrogen and oxygen atoms in total. The number of thiazole rings is 1. The van der Waals surface area contributed by atoms with Gasteiger partial charge in [0.2, 0.25) is 0 Å². The van der Waals surface area contributed by atoms with Crippen molar-refractivity contribution in [3.63, 3.8) is 0 Å². The van der Waals surface area contributed by atoms with Gasteiger partial charge in [0, 0.05) is 43.8 Å². The molecule has 0 unspecified atom stereocenters. The predicted molar refractivity (Wildman–Crippen MR) is 74.9 cm³/mol. The van der Waals surface area contributed by atoms with E-state index in [9.17, 15) is 4.79 Å². The van der Waals surface area contributed by atoms with E-state index in [0.29, 0.717) is 18.8 Å². The van der Waals surface area contributed by atoms with E-state index in [1.54, 1.807) is 23.5 Å². The lowest BCUT2D eigenvalue weighted by Gasteiger charge is -2.15. The molecule has 0 saturated carbocycles. The fraction of sp³-hybridized carbons (Fsp3) is 0.308. The third-order valence-corrected chi connectivity index (χ3v) is 3.59. The van der Waals surface area contributed by atoms with Crippen LogP contribution in [0.15, 0.2) is 29.8 Å². The molecule has 2 aromatic rings. The Bertz CT molecular complexity index is 541. The predicted octanol–water partition coefficient (Wildman–Crippen LogP) is 1.31. The summed E-state index contributed by atoms with van der Waals surface area (Å²) in [6.07, 6.45) is 2.49. The molecule has 0 aromatic carbocycles. The second-order valence-electron chi connectivity index (χ2n) is 4.13. The maximum absolute atomic E-state index is 12.1. The zero-order valence-electron chi connectivity index (χ0n) is 10.7.